The lowest BCUT2D eigenvalue weighted by Gasteiger charge is -2.31. The van der Waals surface area contributed by atoms with Crippen LogP contribution >= 0.6 is 11.6 Å². The van der Waals surface area contributed by atoms with Crippen molar-refractivity contribution in [2.45, 2.75) is 25.7 Å². The molecule has 0 fully saturated rings. The number of rotatable bonds is 0. The van der Waals surface area contributed by atoms with E-state index in [-0.39, 0.29) is 23.2 Å². The molecule has 2 rings (SSSR count). The van der Waals surface area contributed by atoms with Gasteiger partial charge in [-0.3, -0.25) is 4.79 Å². The number of carbonyl (C=O) groups excluding carboxylic acids is 1. The first-order chi connectivity index (χ1) is 6.92. The fraction of sp³-hybridized carbons (Fsp3) is 0.364. The first-order valence-corrected chi connectivity index (χ1v) is 5.02. The van der Waals surface area contributed by atoms with Crippen molar-refractivity contribution >= 4 is 17.6 Å². The summed E-state index contributed by atoms with van der Waals surface area (Å²) in [6, 6.07) is 2.99. The largest absolute Gasteiger partial charge is 0.506 e. The van der Waals surface area contributed by atoms with Crippen molar-refractivity contribution in [3.8, 4) is 11.5 Å². The van der Waals surface area contributed by atoms with E-state index >= 15 is 0 Å². The van der Waals surface area contributed by atoms with Gasteiger partial charge in [-0.25, -0.2) is 0 Å². The summed E-state index contributed by atoms with van der Waals surface area (Å²) in [7, 11) is 0. The van der Waals surface area contributed by atoms with Crippen LogP contribution in [0.2, 0.25) is 5.02 Å². The maximum Gasteiger partial charge on any atom is 0.312 e. The molecule has 0 saturated heterocycles. The molecule has 15 heavy (non-hydrogen) atoms. The second-order valence-corrected chi connectivity index (χ2v) is 4.68. The molecule has 80 valence electrons. The van der Waals surface area contributed by atoms with E-state index in [4.69, 9.17) is 16.3 Å². The third-order valence-corrected chi connectivity index (χ3v) is 2.95. The molecule has 1 aliphatic rings. The molecule has 3 nitrogen and oxygen atoms in total. The van der Waals surface area contributed by atoms with Crippen LogP contribution in [0.15, 0.2) is 12.1 Å². The van der Waals surface area contributed by atoms with E-state index < -0.39 is 5.41 Å². The van der Waals surface area contributed by atoms with Crippen molar-refractivity contribution < 1.29 is 14.6 Å². The van der Waals surface area contributed by atoms with E-state index in [0.717, 1.165) is 0 Å². The maximum absolute atomic E-state index is 11.3. The minimum atomic E-state index is -0.402. The van der Waals surface area contributed by atoms with Gasteiger partial charge in [-0.2, -0.15) is 0 Å². The Morgan fingerprint density at radius 2 is 2.13 bits per heavy atom. The molecule has 0 aliphatic carbocycles. The number of aromatic hydroxyl groups is 1. The predicted molar refractivity (Wildman–Crippen MR) is 56.4 cm³/mol. The van der Waals surface area contributed by atoms with Crippen molar-refractivity contribution in [2.24, 2.45) is 0 Å². The summed E-state index contributed by atoms with van der Waals surface area (Å²) in [6.45, 7) is 3.80. The molecule has 1 aromatic rings. The topological polar surface area (TPSA) is 46.5 Å². The van der Waals surface area contributed by atoms with E-state index in [1.807, 2.05) is 13.8 Å². The monoisotopic (exact) mass is 226 g/mol. The summed E-state index contributed by atoms with van der Waals surface area (Å²) >= 11 is 6.00. The SMILES string of the molecule is CC1(C)CC(=O)Oc2ccc(O)c(Cl)c21. The molecule has 0 bridgehead atoms. The Morgan fingerprint density at radius 1 is 1.47 bits per heavy atom. The van der Waals surface area contributed by atoms with Gasteiger partial charge in [0, 0.05) is 11.0 Å². The minimum absolute atomic E-state index is 0.0152. The Bertz CT molecular complexity index is 438. The van der Waals surface area contributed by atoms with Gasteiger partial charge in [0.15, 0.2) is 0 Å². The van der Waals surface area contributed by atoms with Gasteiger partial charge in [0.05, 0.1) is 11.4 Å². The van der Waals surface area contributed by atoms with Gasteiger partial charge in [-0.05, 0) is 12.1 Å². The first-order valence-electron chi connectivity index (χ1n) is 4.64. The van der Waals surface area contributed by atoms with Gasteiger partial charge in [-0.15, -0.1) is 0 Å². The van der Waals surface area contributed by atoms with Gasteiger partial charge in [-0.1, -0.05) is 25.4 Å². The molecule has 1 aromatic carbocycles. The quantitative estimate of drug-likeness (QED) is 0.547. The Balaban J connectivity index is 2.68. The van der Waals surface area contributed by atoms with Crippen LogP contribution < -0.4 is 4.74 Å². The predicted octanol–water partition coefficient (Wildman–Crippen LogP) is 2.63. The fourth-order valence-corrected chi connectivity index (χ4v) is 2.28. The average molecular weight is 227 g/mol. The standard InChI is InChI=1S/C11H11ClO3/c1-11(2)5-8(14)15-7-4-3-6(13)10(12)9(7)11/h3-4,13H,5H2,1-2H3. The lowest BCUT2D eigenvalue weighted by atomic mass is 9.79. The number of phenols is 1. The van der Waals surface area contributed by atoms with Gasteiger partial charge >= 0.3 is 5.97 Å². The number of hydrogen-bond donors (Lipinski definition) is 1. The normalized spacial score (nSPS) is 18.2. The van der Waals surface area contributed by atoms with Crippen molar-refractivity contribution in [3.63, 3.8) is 0 Å². The summed E-state index contributed by atoms with van der Waals surface area (Å²) in [4.78, 5) is 11.3. The van der Waals surface area contributed by atoms with Crippen LogP contribution in [0.25, 0.3) is 0 Å². The molecule has 0 atom stereocenters. The highest BCUT2D eigenvalue weighted by Gasteiger charge is 2.36. The molecular weight excluding hydrogens is 216 g/mol. The second-order valence-electron chi connectivity index (χ2n) is 4.31. The van der Waals surface area contributed by atoms with Crippen LogP contribution in [-0.2, 0) is 10.2 Å². The Labute approximate surface area is 92.6 Å². The van der Waals surface area contributed by atoms with E-state index in [9.17, 15) is 9.90 Å². The fourth-order valence-electron chi connectivity index (χ4n) is 1.87. The van der Waals surface area contributed by atoms with Crippen LogP contribution in [0, 0.1) is 0 Å². The summed E-state index contributed by atoms with van der Waals surface area (Å²) in [5.74, 6) is 0.190. The summed E-state index contributed by atoms with van der Waals surface area (Å²) in [5, 5.41) is 9.77. The zero-order chi connectivity index (χ0) is 11.2. The van der Waals surface area contributed by atoms with Crippen molar-refractivity contribution in [1.82, 2.24) is 0 Å². The number of benzene rings is 1. The Hall–Kier alpha value is -1.22. The molecule has 1 N–H and O–H groups in total. The summed E-state index contributed by atoms with van der Waals surface area (Å²) in [5.41, 5.74) is 0.296. The van der Waals surface area contributed by atoms with E-state index in [0.29, 0.717) is 11.3 Å². The molecular formula is C11H11ClO3. The number of ether oxygens (including phenoxy) is 1. The first kappa shape index (κ1) is 10.3. The smallest absolute Gasteiger partial charge is 0.312 e. The van der Waals surface area contributed by atoms with Gasteiger partial charge < -0.3 is 9.84 Å². The molecule has 1 aliphatic heterocycles. The van der Waals surface area contributed by atoms with E-state index in [1.165, 1.54) is 6.07 Å². The molecule has 0 radical (unpaired) electrons. The van der Waals surface area contributed by atoms with Crippen molar-refractivity contribution in [2.75, 3.05) is 0 Å². The molecule has 0 spiro atoms. The second kappa shape index (κ2) is 3.14. The van der Waals surface area contributed by atoms with Crippen LogP contribution in [-0.4, -0.2) is 11.1 Å². The van der Waals surface area contributed by atoms with E-state index in [1.54, 1.807) is 6.07 Å². The Kier molecular flexibility index (Phi) is 2.15. The molecule has 1 heterocycles. The zero-order valence-corrected chi connectivity index (χ0v) is 9.26. The molecule has 0 saturated carbocycles. The highest BCUT2D eigenvalue weighted by atomic mass is 35.5. The van der Waals surface area contributed by atoms with Crippen LogP contribution in [0.5, 0.6) is 11.5 Å². The molecule has 0 aromatic heterocycles. The number of phenolic OH excluding ortho intramolecular Hbond substituents is 1. The van der Waals surface area contributed by atoms with Crippen LogP contribution in [0.4, 0.5) is 0 Å². The van der Waals surface area contributed by atoms with Crippen molar-refractivity contribution in [1.29, 1.82) is 0 Å². The lowest BCUT2D eigenvalue weighted by Crippen LogP contribution is -2.31. The van der Waals surface area contributed by atoms with Gasteiger partial charge in [0.25, 0.3) is 0 Å². The van der Waals surface area contributed by atoms with Crippen molar-refractivity contribution in [3.05, 3.63) is 22.7 Å². The number of fused-ring (bicyclic) bond motifs is 1. The van der Waals surface area contributed by atoms with Crippen LogP contribution in [0.3, 0.4) is 0 Å². The molecule has 0 amide bonds. The number of carbonyl (C=O) groups is 1. The third-order valence-electron chi connectivity index (χ3n) is 2.57. The van der Waals surface area contributed by atoms with Gasteiger partial charge in [0.1, 0.15) is 11.5 Å². The summed E-state index contributed by atoms with van der Waals surface area (Å²) < 4.78 is 5.07. The summed E-state index contributed by atoms with van der Waals surface area (Å²) in [6.07, 6.45) is 0.267. The number of esters is 1. The molecule has 0 unspecified atom stereocenters. The van der Waals surface area contributed by atoms with Gasteiger partial charge in [0.2, 0.25) is 0 Å². The van der Waals surface area contributed by atoms with Crippen LogP contribution in [0.1, 0.15) is 25.8 Å². The average Bonchev–Trinajstić information content (AvgIpc) is 2.08. The highest BCUT2D eigenvalue weighted by Crippen LogP contribution is 2.46. The third kappa shape index (κ3) is 1.57. The number of halogens is 1. The molecule has 4 heteroatoms. The lowest BCUT2D eigenvalue weighted by molar-refractivity contribution is -0.136. The Morgan fingerprint density at radius 3 is 2.80 bits per heavy atom. The zero-order valence-electron chi connectivity index (χ0n) is 8.50. The highest BCUT2D eigenvalue weighted by molar-refractivity contribution is 6.33. The minimum Gasteiger partial charge on any atom is -0.506 e. The number of hydrogen-bond acceptors (Lipinski definition) is 3. The van der Waals surface area contributed by atoms with E-state index in [2.05, 4.69) is 0 Å². The maximum atomic E-state index is 11.3.